The molecule has 1 aliphatic carbocycles. The largest absolute Gasteiger partial charge is 0.380 e. The number of hydrogen-bond acceptors (Lipinski definition) is 4. The Labute approximate surface area is 142 Å². The van der Waals surface area contributed by atoms with Crippen LogP contribution in [0, 0.1) is 0 Å². The predicted octanol–water partition coefficient (Wildman–Crippen LogP) is 1.14. The number of aryl methyl sites for hydroxylation is 1. The molecule has 134 valence electrons. The van der Waals surface area contributed by atoms with Gasteiger partial charge < -0.3 is 15.0 Å². The van der Waals surface area contributed by atoms with E-state index < -0.39 is 11.8 Å². The standard InChI is InChI=1S/C17H27FN4O2/c1-21-8-7-19-15(21)12-22-11-13(18)9-14(22)10-20-16(23)17(24)5-3-2-4-6-17/h7-8,13-14,24H,2-6,9-12H2,1H3,(H,20,23)/t13-,14-/m0/s1. The molecule has 1 saturated carbocycles. The third-order valence-corrected chi connectivity index (χ3v) is 5.34. The highest BCUT2D eigenvalue weighted by molar-refractivity contribution is 5.84. The molecule has 2 aliphatic rings. The van der Waals surface area contributed by atoms with Crippen LogP contribution in [0.5, 0.6) is 0 Å². The molecule has 1 saturated heterocycles. The third-order valence-electron chi connectivity index (χ3n) is 5.34. The van der Waals surface area contributed by atoms with E-state index in [2.05, 4.69) is 10.3 Å². The molecule has 6 nitrogen and oxygen atoms in total. The molecule has 2 heterocycles. The molecule has 1 aliphatic heterocycles. The average Bonchev–Trinajstić information content (AvgIpc) is 3.12. The van der Waals surface area contributed by atoms with Gasteiger partial charge in [-0.25, -0.2) is 9.37 Å². The van der Waals surface area contributed by atoms with Gasteiger partial charge in [0, 0.05) is 38.6 Å². The van der Waals surface area contributed by atoms with Crippen molar-refractivity contribution in [3.8, 4) is 0 Å². The molecule has 1 aromatic heterocycles. The van der Waals surface area contributed by atoms with Crippen LogP contribution in [0.2, 0.25) is 0 Å². The smallest absolute Gasteiger partial charge is 0.252 e. The van der Waals surface area contributed by atoms with Crippen molar-refractivity contribution in [1.29, 1.82) is 0 Å². The van der Waals surface area contributed by atoms with Gasteiger partial charge in [-0.2, -0.15) is 0 Å². The van der Waals surface area contributed by atoms with Gasteiger partial charge in [0.05, 0.1) is 6.54 Å². The van der Waals surface area contributed by atoms with Crippen LogP contribution in [0.15, 0.2) is 12.4 Å². The Balaban J connectivity index is 1.56. The van der Waals surface area contributed by atoms with Crippen molar-refractivity contribution in [3.05, 3.63) is 18.2 Å². The summed E-state index contributed by atoms with van der Waals surface area (Å²) in [5, 5.41) is 13.3. The summed E-state index contributed by atoms with van der Waals surface area (Å²) in [7, 11) is 1.92. The minimum absolute atomic E-state index is 0.0622. The summed E-state index contributed by atoms with van der Waals surface area (Å²) in [4.78, 5) is 18.7. The molecule has 0 aromatic carbocycles. The van der Waals surface area contributed by atoms with Gasteiger partial charge in [0.25, 0.3) is 5.91 Å². The summed E-state index contributed by atoms with van der Waals surface area (Å²) in [5.41, 5.74) is -1.24. The number of alkyl halides is 1. The van der Waals surface area contributed by atoms with Crippen molar-refractivity contribution >= 4 is 5.91 Å². The lowest BCUT2D eigenvalue weighted by Crippen LogP contribution is -2.51. The molecule has 0 bridgehead atoms. The second kappa shape index (κ2) is 7.19. The van der Waals surface area contributed by atoms with Crippen molar-refractivity contribution in [2.75, 3.05) is 13.1 Å². The molecule has 24 heavy (non-hydrogen) atoms. The molecule has 3 rings (SSSR count). The first-order valence-electron chi connectivity index (χ1n) is 8.83. The van der Waals surface area contributed by atoms with Crippen LogP contribution in [-0.2, 0) is 18.4 Å². The number of imidazole rings is 1. The highest BCUT2D eigenvalue weighted by Gasteiger charge is 2.38. The van der Waals surface area contributed by atoms with E-state index in [4.69, 9.17) is 0 Å². The topological polar surface area (TPSA) is 70.4 Å². The lowest BCUT2D eigenvalue weighted by atomic mass is 9.84. The van der Waals surface area contributed by atoms with E-state index in [0.717, 1.165) is 25.1 Å². The van der Waals surface area contributed by atoms with Crippen LogP contribution in [-0.4, -0.2) is 56.4 Å². The Hall–Kier alpha value is -1.47. The molecular weight excluding hydrogens is 311 g/mol. The van der Waals surface area contributed by atoms with Gasteiger partial charge in [-0.3, -0.25) is 9.69 Å². The molecule has 2 atom stereocenters. The number of carbonyl (C=O) groups excluding carboxylic acids is 1. The van der Waals surface area contributed by atoms with Gasteiger partial charge in [-0.1, -0.05) is 19.3 Å². The Morgan fingerprint density at radius 1 is 1.46 bits per heavy atom. The maximum absolute atomic E-state index is 13.9. The van der Waals surface area contributed by atoms with Gasteiger partial charge in [0.1, 0.15) is 17.6 Å². The SMILES string of the molecule is Cn1ccnc1CN1C[C@@H](F)C[C@H]1CNC(=O)C1(O)CCCCC1. The predicted molar refractivity (Wildman–Crippen MR) is 88.0 cm³/mol. The van der Waals surface area contributed by atoms with Crippen LogP contribution < -0.4 is 5.32 Å². The van der Waals surface area contributed by atoms with Gasteiger partial charge >= 0.3 is 0 Å². The molecule has 1 aromatic rings. The van der Waals surface area contributed by atoms with Crippen LogP contribution in [0.25, 0.3) is 0 Å². The van der Waals surface area contributed by atoms with Crippen LogP contribution >= 0.6 is 0 Å². The lowest BCUT2D eigenvalue weighted by molar-refractivity contribution is -0.143. The van der Waals surface area contributed by atoms with Crippen molar-refractivity contribution in [2.24, 2.45) is 7.05 Å². The normalized spacial score (nSPS) is 27.3. The second-order valence-corrected chi connectivity index (χ2v) is 7.17. The molecule has 7 heteroatoms. The minimum atomic E-state index is -1.24. The minimum Gasteiger partial charge on any atom is -0.380 e. The van der Waals surface area contributed by atoms with E-state index in [1.807, 2.05) is 22.7 Å². The van der Waals surface area contributed by atoms with Crippen molar-refractivity contribution < 1.29 is 14.3 Å². The summed E-state index contributed by atoms with van der Waals surface area (Å²) >= 11 is 0. The quantitative estimate of drug-likeness (QED) is 0.845. The molecule has 0 spiro atoms. The summed E-state index contributed by atoms with van der Waals surface area (Å²) in [6.07, 6.45) is 6.99. The van der Waals surface area contributed by atoms with E-state index in [-0.39, 0.29) is 11.9 Å². The van der Waals surface area contributed by atoms with Gasteiger partial charge in [0.2, 0.25) is 0 Å². The third kappa shape index (κ3) is 3.78. The zero-order chi connectivity index (χ0) is 17.2. The summed E-state index contributed by atoms with van der Waals surface area (Å²) < 4.78 is 15.8. The van der Waals surface area contributed by atoms with E-state index >= 15 is 0 Å². The lowest BCUT2D eigenvalue weighted by Gasteiger charge is -2.31. The number of carbonyl (C=O) groups is 1. The maximum Gasteiger partial charge on any atom is 0.252 e. The van der Waals surface area contributed by atoms with Crippen LogP contribution in [0.1, 0.15) is 44.3 Å². The van der Waals surface area contributed by atoms with Crippen molar-refractivity contribution in [2.45, 2.75) is 62.9 Å². The molecular formula is C17H27FN4O2. The summed E-state index contributed by atoms with van der Waals surface area (Å²) in [6.45, 7) is 1.29. The number of amides is 1. The Bertz CT molecular complexity index is 571. The Morgan fingerprint density at radius 3 is 2.88 bits per heavy atom. The van der Waals surface area contributed by atoms with Gasteiger partial charge in [-0.15, -0.1) is 0 Å². The molecule has 2 fully saturated rings. The number of hydrogen-bond donors (Lipinski definition) is 2. The number of nitrogens with zero attached hydrogens (tertiary/aromatic N) is 3. The fraction of sp³-hybridized carbons (Fsp3) is 0.765. The van der Waals surface area contributed by atoms with E-state index in [1.165, 1.54) is 0 Å². The Morgan fingerprint density at radius 2 is 2.21 bits per heavy atom. The molecule has 2 N–H and O–H groups in total. The van der Waals surface area contributed by atoms with E-state index in [1.54, 1.807) is 6.20 Å². The number of likely N-dealkylation sites (tertiary alicyclic amines) is 1. The van der Waals surface area contributed by atoms with Crippen LogP contribution in [0.4, 0.5) is 4.39 Å². The fourth-order valence-electron chi connectivity index (χ4n) is 3.80. The number of aromatic nitrogens is 2. The second-order valence-electron chi connectivity index (χ2n) is 7.17. The molecule has 0 radical (unpaired) electrons. The highest BCUT2D eigenvalue weighted by Crippen LogP contribution is 2.28. The summed E-state index contributed by atoms with van der Waals surface area (Å²) in [5.74, 6) is 0.577. The average molecular weight is 338 g/mol. The number of aliphatic hydroxyl groups is 1. The van der Waals surface area contributed by atoms with Gasteiger partial charge in [-0.05, 0) is 19.3 Å². The summed E-state index contributed by atoms with van der Waals surface area (Å²) in [6, 6.07) is -0.0622. The first-order chi connectivity index (χ1) is 11.5. The zero-order valence-corrected chi connectivity index (χ0v) is 14.2. The number of halogens is 1. The van der Waals surface area contributed by atoms with Crippen LogP contribution in [0.3, 0.4) is 0 Å². The van der Waals surface area contributed by atoms with E-state index in [9.17, 15) is 14.3 Å². The highest BCUT2D eigenvalue weighted by atomic mass is 19.1. The first-order valence-corrected chi connectivity index (χ1v) is 8.83. The fourth-order valence-corrected chi connectivity index (χ4v) is 3.80. The Kier molecular flexibility index (Phi) is 5.20. The van der Waals surface area contributed by atoms with E-state index in [0.29, 0.717) is 38.9 Å². The molecule has 1 amide bonds. The number of nitrogens with one attached hydrogen (secondary N) is 1. The number of rotatable bonds is 5. The monoisotopic (exact) mass is 338 g/mol. The van der Waals surface area contributed by atoms with Crippen molar-refractivity contribution in [3.63, 3.8) is 0 Å². The first kappa shape index (κ1) is 17.4. The molecule has 0 unspecified atom stereocenters. The zero-order valence-electron chi connectivity index (χ0n) is 14.2. The van der Waals surface area contributed by atoms with Crippen molar-refractivity contribution in [1.82, 2.24) is 19.8 Å². The van der Waals surface area contributed by atoms with Gasteiger partial charge in [0.15, 0.2) is 0 Å². The maximum atomic E-state index is 13.9.